The number of H-pyrrole nitrogens is 1. The fraction of sp³-hybridized carbons (Fsp3) is 0.333. The SMILES string of the molecule is CC1(C)c2cc(N3CCC(O)CC3)ccc2C(=O)c2[nH]c3cc(C#N)ccc3c21. The number of carbonyl (C=O) groups excluding carboxylic acids is 1. The van der Waals surface area contributed by atoms with Gasteiger partial charge in [0.15, 0.2) is 0 Å². The van der Waals surface area contributed by atoms with Crippen LogP contribution in [-0.4, -0.2) is 35.1 Å². The summed E-state index contributed by atoms with van der Waals surface area (Å²) in [7, 11) is 0. The first kappa shape index (κ1) is 18.0. The van der Waals surface area contributed by atoms with Crippen LogP contribution in [0.15, 0.2) is 36.4 Å². The second kappa shape index (κ2) is 6.20. The van der Waals surface area contributed by atoms with Crippen LogP contribution < -0.4 is 4.90 Å². The number of aliphatic hydroxyl groups is 1. The van der Waals surface area contributed by atoms with Gasteiger partial charge >= 0.3 is 0 Å². The van der Waals surface area contributed by atoms with Crippen molar-refractivity contribution in [2.75, 3.05) is 18.0 Å². The summed E-state index contributed by atoms with van der Waals surface area (Å²) in [6.07, 6.45) is 1.33. The molecule has 0 radical (unpaired) electrons. The quantitative estimate of drug-likeness (QED) is 0.666. The number of anilines is 1. The second-order valence-corrected chi connectivity index (χ2v) is 8.65. The molecule has 1 aliphatic carbocycles. The van der Waals surface area contributed by atoms with Gasteiger partial charge in [0, 0.05) is 40.7 Å². The molecule has 0 bridgehead atoms. The van der Waals surface area contributed by atoms with E-state index in [1.54, 1.807) is 0 Å². The topological polar surface area (TPSA) is 80.1 Å². The number of aliphatic hydroxyl groups excluding tert-OH is 1. The Hall–Kier alpha value is -3.10. The Morgan fingerprint density at radius 2 is 1.93 bits per heavy atom. The van der Waals surface area contributed by atoms with E-state index in [1.807, 2.05) is 30.3 Å². The Balaban J connectivity index is 1.66. The molecule has 0 spiro atoms. The van der Waals surface area contributed by atoms with E-state index in [0.29, 0.717) is 11.3 Å². The number of fused-ring (bicyclic) bond motifs is 4. The number of aromatic nitrogens is 1. The fourth-order valence-electron chi connectivity index (χ4n) is 4.92. The molecule has 0 unspecified atom stereocenters. The average Bonchev–Trinajstić information content (AvgIpc) is 3.12. The van der Waals surface area contributed by atoms with Crippen molar-refractivity contribution in [1.82, 2.24) is 4.98 Å². The first-order chi connectivity index (χ1) is 13.9. The highest BCUT2D eigenvalue weighted by Gasteiger charge is 2.40. The summed E-state index contributed by atoms with van der Waals surface area (Å²) in [5, 5.41) is 20.0. The molecule has 5 rings (SSSR count). The third-order valence-corrected chi connectivity index (χ3v) is 6.53. The lowest BCUT2D eigenvalue weighted by atomic mass is 9.69. The van der Waals surface area contributed by atoms with E-state index in [-0.39, 0.29) is 17.3 Å². The molecule has 2 aliphatic rings. The van der Waals surface area contributed by atoms with Crippen LogP contribution in [-0.2, 0) is 5.41 Å². The molecule has 2 aromatic carbocycles. The molecule has 5 heteroatoms. The van der Waals surface area contributed by atoms with Crippen molar-refractivity contribution in [3.8, 4) is 6.07 Å². The molecule has 0 saturated carbocycles. The molecule has 2 N–H and O–H groups in total. The highest BCUT2D eigenvalue weighted by Crippen LogP contribution is 2.45. The number of carbonyl (C=O) groups is 1. The summed E-state index contributed by atoms with van der Waals surface area (Å²) in [6, 6.07) is 13.8. The van der Waals surface area contributed by atoms with Gasteiger partial charge in [-0.1, -0.05) is 19.9 Å². The summed E-state index contributed by atoms with van der Waals surface area (Å²) < 4.78 is 0. The minimum Gasteiger partial charge on any atom is -0.393 e. The van der Waals surface area contributed by atoms with Crippen LogP contribution in [0.3, 0.4) is 0 Å². The lowest BCUT2D eigenvalue weighted by Gasteiger charge is -2.36. The summed E-state index contributed by atoms with van der Waals surface area (Å²) in [6.45, 7) is 5.96. The van der Waals surface area contributed by atoms with Crippen molar-refractivity contribution in [1.29, 1.82) is 5.26 Å². The first-order valence-corrected chi connectivity index (χ1v) is 10.1. The number of aromatic amines is 1. The average molecular weight is 385 g/mol. The maximum absolute atomic E-state index is 13.3. The van der Waals surface area contributed by atoms with Gasteiger partial charge in [-0.15, -0.1) is 0 Å². The van der Waals surface area contributed by atoms with Gasteiger partial charge in [-0.3, -0.25) is 4.79 Å². The number of hydrogen-bond donors (Lipinski definition) is 2. The smallest absolute Gasteiger partial charge is 0.209 e. The first-order valence-electron chi connectivity index (χ1n) is 10.1. The number of piperidine rings is 1. The lowest BCUT2D eigenvalue weighted by Crippen LogP contribution is -2.36. The van der Waals surface area contributed by atoms with E-state index in [0.717, 1.165) is 59.2 Å². The molecule has 146 valence electrons. The van der Waals surface area contributed by atoms with E-state index in [1.165, 1.54) is 0 Å². The lowest BCUT2D eigenvalue weighted by molar-refractivity contribution is 0.102. The number of ketones is 1. The highest BCUT2D eigenvalue weighted by atomic mass is 16.3. The van der Waals surface area contributed by atoms with Gasteiger partial charge in [-0.2, -0.15) is 5.26 Å². The molecule has 1 saturated heterocycles. The van der Waals surface area contributed by atoms with E-state index in [9.17, 15) is 15.2 Å². The molecule has 1 aromatic heterocycles. The van der Waals surface area contributed by atoms with Crippen molar-refractivity contribution < 1.29 is 9.90 Å². The summed E-state index contributed by atoms with van der Waals surface area (Å²) in [5.41, 5.74) is 5.55. The zero-order valence-corrected chi connectivity index (χ0v) is 16.6. The maximum atomic E-state index is 13.3. The molecular weight excluding hydrogens is 362 g/mol. The summed E-state index contributed by atoms with van der Waals surface area (Å²) >= 11 is 0. The normalized spacial score (nSPS) is 18.4. The van der Waals surface area contributed by atoms with Crippen LogP contribution in [0.2, 0.25) is 0 Å². The molecule has 3 aromatic rings. The Morgan fingerprint density at radius 3 is 2.66 bits per heavy atom. The molecule has 2 heterocycles. The molecule has 0 amide bonds. The Bertz CT molecular complexity index is 1190. The van der Waals surface area contributed by atoms with Gasteiger partial charge in [0.05, 0.1) is 23.4 Å². The Morgan fingerprint density at radius 1 is 1.17 bits per heavy atom. The maximum Gasteiger partial charge on any atom is 0.209 e. The summed E-state index contributed by atoms with van der Waals surface area (Å²) in [4.78, 5) is 18.9. The number of nitrogens with zero attached hydrogens (tertiary/aromatic N) is 2. The van der Waals surface area contributed by atoms with Gasteiger partial charge in [-0.25, -0.2) is 0 Å². The number of rotatable bonds is 1. The van der Waals surface area contributed by atoms with Crippen molar-refractivity contribution in [2.24, 2.45) is 0 Å². The van der Waals surface area contributed by atoms with E-state index >= 15 is 0 Å². The molecule has 5 nitrogen and oxygen atoms in total. The van der Waals surface area contributed by atoms with E-state index in [4.69, 9.17) is 0 Å². The predicted molar refractivity (Wildman–Crippen MR) is 112 cm³/mol. The fourth-order valence-corrected chi connectivity index (χ4v) is 4.92. The third kappa shape index (κ3) is 2.60. The van der Waals surface area contributed by atoms with E-state index < -0.39 is 0 Å². The van der Waals surface area contributed by atoms with Crippen molar-refractivity contribution in [3.05, 3.63) is 64.3 Å². The number of nitrogens with one attached hydrogen (secondary N) is 1. The molecular formula is C24H23N3O2. The van der Waals surface area contributed by atoms with Crippen molar-refractivity contribution >= 4 is 22.4 Å². The molecule has 1 aliphatic heterocycles. The van der Waals surface area contributed by atoms with Gasteiger partial charge in [0.2, 0.25) is 5.78 Å². The van der Waals surface area contributed by atoms with Gasteiger partial charge in [-0.05, 0) is 54.3 Å². The Kier molecular flexibility index (Phi) is 3.84. The number of hydrogen-bond acceptors (Lipinski definition) is 4. The van der Waals surface area contributed by atoms with Gasteiger partial charge in [0.1, 0.15) is 0 Å². The largest absolute Gasteiger partial charge is 0.393 e. The number of nitriles is 1. The van der Waals surface area contributed by atoms with Crippen LogP contribution in [0.25, 0.3) is 10.9 Å². The molecule has 1 fully saturated rings. The van der Waals surface area contributed by atoms with Crippen LogP contribution >= 0.6 is 0 Å². The minimum absolute atomic E-state index is 0.00430. The van der Waals surface area contributed by atoms with Gasteiger partial charge < -0.3 is 15.0 Å². The monoisotopic (exact) mass is 385 g/mol. The molecule has 29 heavy (non-hydrogen) atoms. The van der Waals surface area contributed by atoms with Crippen LogP contribution in [0, 0.1) is 11.3 Å². The van der Waals surface area contributed by atoms with Crippen molar-refractivity contribution in [3.63, 3.8) is 0 Å². The number of benzene rings is 2. The second-order valence-electron chi connectivity index (χ2n) is 8.65. The van der Waals surface area contributed by atoms with Crippen molar-refractivity contribution in [2.45, 2.75) is 38.2 Å². The van der Waals surface area contributed by atoms with Crippen LogP contribution in [0.1, 0.15) is 59.4 Å². The summed E-state index contributed by atoms with van der Waals surface area (Å²) in [5.74, 6) is 0.00430. The molecule has 0 atom stereocenters. The predicted octanol–water partition coefficient (Wildman–Crippen LogP) is 3.87. The Labute approximate surface area is 169 Å². The van der Waals surface area contributed by atoms with E-state index in [2.05, 4.69) is 35.9 Å². The highest BCUT2D eigenvalue weighted by molar-refractivity contribution is 6.15. The van der Waals surface area contributed by atoms with Gasteiger partial charge in [0.25, 0.3) is 0 Å². The van der Waals surface area contributed by atoms with Crippen LogP contribution in [0.4, 0.5) is 5.69 Å². The zero-order valence-electron chi connectivity index (χ0n) is 16.6. The van der Waals surface area contributed by atoms with Crippen LogP contribution in [0.5, 0.6) is 0 Å². The zero-order chi connectivity index (χ0) is 20.3. The standard InChI is InChI=1S/C24H23N3O2/c1-24(2)19-12-15(27-9-7-16(28)8-10-27)4-6-17(19)23(29)22-21(24)18-5-3-14(13-25)11-20(18)26-22/h3-6,11-12,16,26,28H,7-10H2,1-2H3. The minimum atomic E-state index is -0.351. The third-order valence-electron chi connectivity index (χ3n) is 6.53.